The number of carbonyl (C=O) groups is 1. The van der Waals surface area contributed by atoms with Crippen molar-refractivity contribution < 1.29 is 4.79 Å². The highest BCUT2D eigenvalue weighted by atomic mass is 16.1. The summed E-state index contributed by atoms with van der Waals surface area (Å²) < 4.78 is 0. The number of carbonyl (C=O) groups excluding carboxylic acids is 1. The molecule has 0 spiro atoms. The number of hydrogen-bond acceptors (Lipinski definition) is 5. The largest absolute Gasteiger partial charge is 0.349 e. The van der Waals surface area contributed by atoms with Crippen LogP contribution in [0.4, 0.5) is 5.82 Å². The van der Waals surface area contributed by atoms with Crippen molar-refractivity contribution in [1.82, 2.24) is 9.97 Å². The molecule has 0 unspecified atom stereocenters. The highest BCUT2D eigenvalue weighted by Crippen LogP contribution is 2.09. The Labute approximate surface area is 68.6 Å². The Morgan fingerprint density at radius 1 is 1.58 bits per heavy atom. The van der Waals surface area contributed by atoms with Gasteiger partial charge in [0.05, 0.1) is 12.4 Å². The Bertz CT molecular complexity index is 347. The fourth-order valence-electron chi connectivity index (χ4n) is 0.953. The van der Waals surface area contributed by atoms with Crippen LogP contribution in [0.5, 0.6) is 0 Å². The van der Waals surface area contributed by atoms with E-state index in [2.05, 4.69) is 20.3 Å². The molecule has 1 aromatic rings. The van der Waals surface area contributed by atoms with Gasteiger partial charge in [-0.15, -0.1) is 0 Å². The summed E-state index contributed by atoms with van der Waals surface area (Å²) in [5.41, 5.74) is 0.940. The van der Waals surface area contributed by atoms with Crippen LogP contribution < -0.4 is 5.32 Å². The van der Waals surface area contributed by atoms with E-state index in [1.54, 1.807) is 6.21 Å². The number of anilines is 1. The number of hydrogen-bond donors (Lipinski definition) is 1. The SMILES string of the molecule is O=Cc1cnc2c(n1)C=NCN2. The Morgan fingerprint density at radius 2 is 2.50 bits per heavy atom. The van der Waals surface area contributed by atoms with Gasteiger partial charge in [-0.25, -0.2) is 9.97 Å². The van der Waals surface area contributed by atoms with Crippen molar-refractivity contribution in [3.63, 3.8) is 0 Å². The molecule has 0 aromatic carbocycles. The molecule has 60 valence electrons. The maximum absolute atomic E-state index is 10.3. The van der Waals surface area contributed by atoms with Crippen molar-refractivity contribution in [2.24, 2.45) is 4.99 Å². The minimum Gasteiger partial charge on any atom is -0.349 e. The summed E-state index contributed by atoms with van der Waals surface area (Å²) in [7, 11) is 0. The van der Waals surface area contributed by atoms with Gasteiger partial charge in [0.25, 0.3) is 0 Å². The molecule has 0 saturated carbocycles. The average molecular weight is 162 g/mol. The quantitative estimate of drug-likeness (QED) is 0.594. The van der Waals surface area contributed by atoms with Crippen molar-refractivity contribution in [1.29, 1.82) is 0 Å². The van der Waals surface area contributed by atoms with Gasteiger partial charge in [-0.1, -0.05) is 0 Å². The van der Waals surface area contributed by atoms with E-state index in [0.29, 0.717) is 30.2 Å². The second-order valence-corrected chi connectivity index (χ2v) is 2.29. The van der Waals surface area contributed by atoms with Crippen LogP contribution in [0.2, 0.25) is 0 Å². The van der Waals surface area contributed by atoms with Gasteiger partial charge in [0.1, 0.15) is 18.1 Å². The maximum atomic E-state index is 10.3. The normalized spacial score (nSPS) is 13.3. The summed E-state index contributed by atoms with van der Waals surface area (Å²) >= 11 is 0. The van der Waals surface area contributed by atoms with Crippen LogP contribution in [-0.4, -0.2) is 29.1 Å². The van der Waals surface area contributed by atoms with Crippen molar-refractivity contribution >= 4 is 18.3 Å². The van der Waals surface area contributed by atoms with Crippen molar-refractivity contribution in [3.05, 3.63) is 17.6 Å². The molecule has 1 aliphatic rings. The first-order valence-corrected chi connectivity index (χ1v) is 3.46. The van der Waals surface area contributed by atoms with Crippen LogP contribution in [0.1, 0.15) is 16.2 Å². The zero-order valence-electron chi connectivity index (χ0n) is 6.19. The van der Waals surface area contributed by atoms with E-state index in [1.807, 2.05) is 0 Å². The van der Waals surface area contributed by atoms with Crippen LogP contribution in [0.3, 0.4) is 0 Å². The molecule has 0 fully saturated rings. The van der Waals surface area contributed by atoms with E-state index in [-0.39, 0.29) is 0 Å². The second kappa shape index (κ2) is 2.69. The highest BCUT2D eigenvalue weighted by Gasteiger charge is 2.07. The molecule has 5 nitrogen and oxygen atoms in total. The third-order valence-corrected chi connectivity index (χ3v) is 1.49. The number of aldehydes is 1. The second-order valence-electron chi connectivity index (χ2n) is 2.29. The Balaban J connectivity index is 2.51. The first kappa shape index (κ1) is 6.90. The van der Waals surface area contributed by atoms with Crippen molar-refractivity contribution in [3.8, 4) is 0 Å². The number of aromatic nitrogens is 2. The van der Waals surface area contributed by atoms with Crippen LogP contribution in [0.25, 0.3) is 0 Å². The van der Waals surface area contributed by atoms with E-state index in [1.165, 1.54) is 6.20 Å². The third-order valence-electron chi connectivity index (χ3n) is 1.49. The smallest absolute Gasteiger partial charge is 0.170 e. The summed E-state index contributed by atoms with van der Waals surface area (Å²) in [5, 5.41) is 2.93. The molecule has 1 aromatic heterocycles. The average Bonchev–Trinajstić information content (AvgIpc) is 2.17. The summed E-state index contributed by atoms with van der Waals surface area (Å²) in [5.74, 6) is 0.676. The molecule has 2 rings (SSSR count). The molecule has 0 radical (unpaired) electrons. The summed E-state index contributed by atoms with van der Waals surface area (Å²) in [6.07, 6.45) is 3.69. The summed E-state index contributed by atoms with van der Waals surface area (Å²) in [6.45, 7) is 0.516. The van der Waals surface area contributed by atoms with E-state index in [0.717, 1.165) is 0 Å². The molecule has 12 heavy (non-hydrogen) atoms. The molecule has 0 aliphatic carbocycles. The molecule has 0 saturated heterocycles. The fraction of sp³-hybridized carbons (Fsp3) is 0.143. The maximum Gasteiger partial charge on any atom is 0.170 e. The Morgan fingerprint density at radius 3 is 3.33 bits per heavy atom. The van der Waals surface area contributed by atoms with Gasteiger partial charge in [0.15, 0.2) is 12.1 Å². The molecule has 0 atom stereocenters. The minimum absolute atomic E-state index is 0.323. The number of fused-ring (bicyclic) bond motifs is 1. The van der Waals surface area contributed by atoms with Gasteiger partial charge < -0.3 is 5.32 Å². The predicted molar refractivity (Wildman–Crippen MR) is 43.5 cm³/mol. The van der Waals surface area contributed by atoms with Gasteiger partial charge in [-0.05, 0) is 0 Å². The Hall–Kier alpha value is -1.78. The summed E-state index contributed by atoms with van der Waals surface area (Å²) in [4.78, 5) is 22.2. The van der Waals surface area contributed by atoms with Gasteiger partial charge in [-0.3, -0.25) is 9.79 Å². The number of nitrogens with one attached hydrogen (secondary N) is 1. The molecule has 5 heteroatoms. The molecular formula is C7H6N4O. The molecule has 0 amide bonds. The van der Waals surface area contributed by atoms with E-state index >= 15 is 0 Å². The van der Waals surface area contributed by atoms with Gasteiger partial charge in [0, 0.05) is 0 Å². The topological polar surface area (TPSA) is 67.2 Å². The molecule has 1 aliphatic heterocycles. The first-order valence-electron chi connectivity index (χ1n) is 3.46. The predicted octanol–water partition coefficient (Wildman–Crippen LogP) is 0.0910. The third kappa shape index (κ3) is 1.05. The highest BCUT2D eigenvalue weighted by molar-refractivity contribution is 5.86. The van der Waals surface area contributed by atoms with Gasteiger partial charge in [-0.2, -0.15) is 0 Å². The molecule has 0 bridgehead atoms. The van der Waals surface area contributed by atoms with Crippen LogP contribution in [-0.2, 0) is 0 Å². The molecule has 1 N–H and O–H groups in total. The van der Waals surface area contributed by atoms with E-state index in [9.17, 15) is 4.79 Å². The zero-order valence-corrected chi connectivity index (χ0v) is 6.19. The van der Waals surface area contributed by atoms with Gasteiger partial charge in [0.2, 0.25) is 0 Å². The lowest BCUT2D eigenvalue weighted by atomic mass is 10.3. The van der Waals surface area contributed by atoms with Crippen molar-refractivity contribution in [2.75, 3.05) is 12.0 Å². The number of nitrogens with zero attached hydrogens (tertiary/aromatic N) is 3. The van der Waals surface area contributed by atoms with Crippen LogP contribution in [0.15, 0.2) is 11.2 Å². The number of rotatable bonds is 1. The minimum atomic E-state index is 0.323. The molecular weight excluding hydrogens is 156 g/mol. The number of aliphatic imine (C=N–C) groups is 1. The lowest BCUT2D eigenvalue weighted by molar-refractivity contribution is 0.111. The molecule has 2 heterocycles. The van der Waals surface area contributed by atoms with E-state index < -0.39 is 0 Å². The van der Waals surface area contributed by atoms with E-state index in [4.69, 9.17) is 0 Å². The van der Waals surface area contributed by atoms with Crippen LogP contribution >= 0.6 is 0 Å². The zero-order chi connectivity index (χ0) is 8.39. The summed E-state index contributed by atoms with van der Waals surface area (Å²) in [6, 6.07) is 0. The first-order chi connectivity index (χ1) is 5.90. The standard InChI is InChI=1S/C7H6N4O/c12-3-5-1-9-7-6(11-5)2-8-4-10-7/h1-3H,4H2,(H,9,10). The van der Waals surface area contributed by atoms with Crippen LogP contribution in [0, 0.1) is 0 Å². The lowest BCUT2D eigenvalue weighted by Gasteiger charge is -2.09. The monoisotopic (exact) mass is 162 g/mol. The Kier molecular flexibility index (Phi) is 1.55. The van der Waals surface area contributed by atoms with Gasteiger partial charge >= 0.3 is 0 Å². The fourth-order valence-corrected chi connectivity index (χ4v) is 0.953. The van der Waals surface area contributed by atoms with Crippen molar-refractivity contribution in [2.45, 2.75) is 0 Å². The lowest BCUT2D eigenvalue weighted by Crippen LogP contribution is -2.12.